The van der Waals surface area contributed by atoms with Gasteiger partial charge in [0.1, 0.15) is 12.4 Å². The lowest BCUT2D eigenvalue weighted by atomic mass is 10.2. The average molecular weight is 368 g/mol. The van der Waals surface area contributed by atoms with Gasteiger partial charge in [-0.15, -0.1) is 0 Å². The summed E-state index contributed by atoms with van der Waals surface area (Å²) < 4.78 is 16.3. The van der Waals surface area contributed by atoms with Crippen molar-refractivity contribution in [2.45, 2.75) is 39.2 Å². The van der Waals surface area contributed by atoms with Crippen LogP contribution >= 0.6 is 0 Å². The van der Waals surface area contributed by atoms with Crippen molar-refractivity contribution in [3.63, 3.8) is 0 Å². The fourth-order valence-electron chi connectivity index (χ4n) is 2.49. The van der Waals surface area contributed by atoms with Crippen LogP contribution in [0.3, 0.4) is 0 Å². The lowest BCUT2D eigenvalue weighted by Crippen LogP contribution is -2.05. The molecular formula is C23H28O4. The van der Waals surface area contributed by atoms with Crippen LogP contribution in [0.15, 0.2) is 66.9 Å². The Hall–Kier alpha value is -2.75. The second kappa shape index (κ2) is 12.6. The molecule has 2 aromatic rings. The predicted molar refractivity (Wildman–Crippen MR) is 107 cm³/mol. The summed E-state index contributed by atoms with van der Waals surface area (Å²) in [5, 5.41) is 0. The molecule has 0 spiro atoms. The van der Waals surface area contributed by atoms with Gasteiger partial charge < -0.3 is 14.2 Å². The van der Waals surface area contributed by atoms with E-state index in [-0.39, 0.29) is 12.6 Å². The van der Waals surface area contributed by atoms with Crippen molar-refractivity contribution < 1.29 is 19.0 Å². The van der Waals surface area contributed by atoms with Gasteiger partial charge in [0.2, 0.25) is 0 Å². The monoisotopic (exact) mass is 368 g/mol. The quantitative estimate of drug-likeness (QED) is 0.281. The maximum Gasteiger partial charge on any atom is 0.338 e. The summed E-state index contributed by atoms with van der Waals surface area (Å²) in [4.78, 5) is 12.1. The molecule has 0 saturated carbocycles. The van der Waals surface area contributed by atoms with E-state index in [1.807, 2.05) is 55.5 Å². The normalized spacial score (nSPS) is 10.7. The van der Waals surface area contributed by atoms with Crippen LogP contribution in [-0.4, -0.2) is 19.2 Å². The first-order chi connectivity index (χ1) is 13.3. The van der Waals surface area contributed by atoms with Crippen LogP contribution in [0.2, 0.25) is 0 Å². The maximum absolute atomic E-state index is 12.1. The number of hydrogen-bond donors (Lipinski definition) is 0. The minimum atomic E-state index is -0.328. The molecule has 0 aliphatic rings. The molecule has 0 bridgehead atoms. The fourth-order valence-corrected chi connectivity index (χ4v) is 2.49. The standard InChI is InChI=1S/C23H28O4/c1-2-16-25-17-8-3-4-9-18-26-22-14-12-21(13-15-22)23(24)27-19-20-10-6-5-7-11-20/h2,5-7,10-16H,3-4,8-9,17-19H2,1H3. The van der Waals surface area contributed by atoms with Crippen LogP contribution in [0, 0.1) is 0 Å². The third kappa shape index (κ3) is 8.45. The Labute approximate surface area is 161 Å². The van der Waals surface area contributed by atoms with Crippen molar-refractivity contribution in [2.24, 2.45) is 0 Å². The first-order valence-corrected chi connectivity index (χ1v) is 9.46. The van der Waals surface area contributed by atoms with Crippen LogP contribution in [0.5, 0.6) is 5.75 Å². The largest absolute Gasteiger partial charge is 0.502 e. The topological polar surface area (TPSA) is 44.8 Å². The van der Waals surface area contributed by atoms with Gasteiger partial charge in [0.15, 0.2) is 0 Å². The molecule has 2 aromatic carbocycles. The van der Waals surface area contributed by atoms with Crippen molar-refractivity contribution in [2.75, 3.05) is 13.2 Å². The summed E-state index contributed by atoms with van der Waals surface area (Å²) in [6, 6.07) is 16.7. The van der Waals surface area contributed by atoms with E-state index in [1.54, 1.807) is 18.4 Å². The van der Waals surface area contributed by atoms with Crippen LogP contribution < -0.4 is 4.74 Å². The summed E-state index contributed by atoms with van der Waals surface area (Å²) in [6.45, 7) is 3.66. The van der Waals surface area contributed by atoms with Gasteiger partial charge in [-0.2, -0.15) is 0 Å². The van der Waals surface area contributed by atoms with Crippen LogP contribution in [0.4, 0.5) is 0 Å². The molecule has 4 heteroatoms. The molecule has 0 saturated heterocycles. The highest BCUT2D eigenvalue weighted by molar-refractivity contribution is 5.89. The number of ether oxygens (including phenoxy) is 3. The van der Waals surface area contributed by atoms with Crippen molar-refractivity contribution in [3.8, 4) is 5.75 Å². The molecule has 4 nitrogen and oxygen atoms in total. The Morgan fingerprint density at radius 1 is 0.889 bits per heavy atom. The van der Waals surface area contributed by atoms with Gasteiger partial charge in [-0.05, 0) is 62.4 Å². The van der Waals surface area contributed by atoms with E-state index in [1.165, 1.54) is 0 Å². The first kappa shape index (κ1) is 20.6. The summed E-state index contributed by atoms with van der Waals surface area (Å²) in [5.74, 6) is 0.441. The predicted octanol–water partition coefficient (Wildman–Crippen LogP) is 5.53. The Morgan fingerprint density at radius 2 is 1.59 bits per heavy atom. The summed E-state index contributed by atoms with van der Waals surface area (Å²) in [7, 11) is 0. The molecule has 0 N–H and O–H groups in total. The molecular weight excluding hydrogens is 340 g/mol. The van der Waals surface area contributed by atoms with Crippen molar-refractivity contribution in [3.05, 3.63) is 78.1 Å². The third-order valence-electron chi connectivity index (χ3n) is 3.96. The first-order valence-electron chi connectivity index (χ1n) is 9.46. The molecule has 0 aliphatic heterocycles. The SMILES string of the molecule is CC=COCCCCCCOc1ccc(C(=O)OCc2ccccc2)cc1. The molecule has 0 radical (unpaired) electrons. The molecule has 27 heavy (non-hydrogen) atoms. The molecule has 0 aromatic heterocycles. The summed E-state index contributed by atoms with van der Waals surface area (Å²) >= 11 is 0. The Balaban J connectivity index is 1.61. The zero-order valence-electron chi connectivity index (χ0n) is 15.9. The van der Waals surface area contributed by atoms with E-state index in [4.69, 9.17) is 14.2 Å². The zero-order chi connectivity index (χ0) is 19.2. The van der Waals surface area contributed by atoms with Crippen LogP contribution in [0.25, 0.3) is 0 Å². The van der Waals surface area contributed by atoms with Crippen LogP contribution in [-0.2, 0) is 16.1 Å². The number of carbonyl (C=O) groups excluding carboxylic acids is 1. The smallest absolute Gasteiger partial charge is 0.338 e. The van der Waals surface area contributed by atoms with Gasteiger partial charge in [-0.25, -0.2) is 4.79 Å². The Morgan fingerprint density at radius 3 is 2.30 bits per heavy atom. The second-order valence-corrected chi connectivity index (χ2v) is 6.19. The fraction of sp³-hybridized carbons (Fsp3) is 0.348. The van der Waals surface area contributed by atoms with E-state index in [2.05, 4.69) is 0 Å². The highest BCUT2D eigenvalue weighted by Gasteiger charge is 2.07. The highest BCUT2D eigenvalue weighted by Crippen LogP contribution is 2.14. The number of carbonyl (C=O) groups is 1. The van der Waals surface area contributed by atoms with E-state index < -0.39 is 0 Å². The number of rotatable bonds is 12. The Bertz CT molecular complexity index is 677. The summed E-state index contributed by atoms with van der Waals surface area (Å²) in [5.41, 5.74) is 1.50. The minimum absolute atomic E-state index is 0.275. The zero-order valence-corrected chi connectivity index (χ0v) is 15.9. The molecule has 2 rings (SSSR count). The summed E-state index contributed by atoms with van der Waals surface area (Å²) in [6.07, 6.45) is 7.93. The Kier molecular flexibility index (Phi) is 9.58. The van der Waals surface area contributed by atoms with Gasteiger partial charge in [0.05, 0.1) is 25.0 Å². The number of esters is 1. The van der Waals surface area contributed by atoms with Crippen molar-refractivity contribution in [1.82, 2.24) is 0 Å². The lowest BCUT2D eigenvalue weighted by molar-refractivity contribution is 0.0472. The second-order valence-electron chi connectivity index (χ2n) is 6.19. The van der Waals surface area contributed by atoms with E-state index >= 15 is 0 Å². The highest BCUT2D eigenvalue weighted by atomic mass is 16.5. The van der Waals surface area contributed by atoms with Crippen LogP contribution in [0.1, 0.15) is 48.5 Å². The van der Waals surface area contributed by atoms with E-state index in [0.29, 0.717) is 12.2 Å². The maximum atomic E-state index is 12.1. The van der Waals surface area contributed by atoms with Gasteiger partial charge in [-0.1, -0.05) is 36.4 Å². The van der Waals surface area contributed by atoms with Gasteiger partial charge in [-0.3, -0.25) is 0 Å². The van der Waals surface area contributed by atoms with E-state index in [0.717, 1.165) is 43.6 Å². The minimum Gasteiger partial charge on any atom is -0.502 e. The number of unbranched alkanes of at least 4 members (excludes halogenated alkanes) is 3. The number of benzene rings is 2. The molecule has 0 fully saturated rings. The number of hydrogen-bond acceptors (Lipinski definition) is 4. The van der Waals surface area contributed by atoms with Gasteiger partial charge >= 0.3 is 5.97 Å². The lowest BCUT2D eigenvalue weighted by Gasteiger charge is -2.08. The molecule has 0 amide bonds. The molecule has 0 atom stereocenters. The average Bonchev–Trinajstić information content (AvgIpc) is 2.72. The van der Waals surface area contributed by atoms with Gasteiger partial charge in [0.25, 0.3) is 0 Å². The van der Waals surface area contributed by atoms with Crippen molar-refractivity contribution in [1.29, 1.82) is 0 Å². The third-order valence-corrected chi connectivity index (χ3v) is 3.96. The van der Waals surface area contributed by atoms with Gasteiger partial charge in [0, 0.05) is 0 Å². The molecule has 0 aliphatic carbocycles. The van der Waals surface area contributed by atoms with Crippen molar-refractivity contribution >= 4 is 5.97 Å². The molecule has 0 heterocycles. The molecule has 0 unspecified atom stereocenters. The molecule has 144 valence electrons. The van der Waals surface area contributed by atoms with E-state index in [9.17, 15) is 4.79 Å². The number of allylic oxidation sites excluding steroid dienone is 1.